The van der Waals surface area contributed by atoms with E-state index in [1.807, 2.05) is 93.6 Å². The molecule has 8 nitrogen and oxygen atoms in total. The molecule has 4 aromatic rings. The smallest absolute Gasteiger partial charge is 0.255 e. The number of anilines is 2. The molecule has 0 bridgehead atoms. The summed E-state index contributed by atoms with van der Waals surface area (Å²) in [5.74, 6) is 2.39. The summed E-state index contributed by atoms with van der Waals surface area (Å²) in [4.78, 5) is 18.6. The molecular weight excluding hydrogens is 546 g/mol. The second kappa shape index (κ2) is 12.5. The number of rotatable bonds is 10. The lowest BCUT2D eigenvalue weighted by molar-refractivity contribution is -0.113. The van der Waals surface area contributed by atoms with Gasteiger partial charge < -0.3 is 20.1 Å². The van der Waals surface area contributed by atoms with Gasteiger partial charge in [0.05, 0.1) is 17.9 Å². The van der Waals surface area contributed by atoms with Crippen molar-refractivity contribution in [2.24, 2.45) is 0 Å². The molecule has 1 aliphatic rings. The number of benzene rings is 3. The van der Waals surface area contributed by atoms with Gasteiger partial charge in [0, 0.05) is 16.3 Å². The van der Waals surface area contributed by atoms with Crippen LogP contribution in [0.3, 0.4) is 0 Å². The zero-order valence-corrected chi connectivity index (χ0v) is 24.1. The molecule has 0 fully saturated rings. The largest absolute Gasteiger partial charge is 0.492 e. The zero-order chi connectivity index (χ0) is 28.1. The number of carbonyl (C=O) groups excluding carboxylic acids is 1. The number of halogens is 1. The Morgan fingerprint density at radius 2 is 1.88 bits per heavy atom. The third kappa shape index (κ3) is 5.95. The predicted molar refractivity (Wildman–Crippen MR) is 159 cm³/mol. The topological polar surface area (TPSA) is 90.3 Å². The molecule has 2 N–H and O–H groups in total. The normalized spacial score (nSPS) is 14.3. The van der Waals surface area contributed by atoms with Gasteiger partial charge in [0.1, 0.15) is 24.1 Å². The highest BCUT2D eigenvalue weighted by Gasteiger charge is 2.35. The van der Waals surface area contributed by atoms with Crippen LogP contribution in [-0.2, 0) is 11.4 Å². The van der Waals surface area contributed by atoms with Gasteiger partial charge in [-0.2, -0.15) is 4.98 Å². The number of amides is 1. The Morgan fingerprint density at radius 1 is 1.07 bits per heavy atom. The molecule has 1 aromatic heterocycles. The molecule has 0 radical (unpaired) electrons. The molecule has 1 atom stereocenters. The van der Waals surface area contributed by atoms with E-state index in [1.165, 1.54) is 0 Å². The summed E-state index contributed by atoms with van der Waals surface area (Å²) in [6, 6.07) is 22.1. The standard InChI is InChI=1S/C30H30ClN5O3S/c1-4-38-25-16-9-8-15-24(25)33-28(37)26-19(3)32-29-34-30(40-5-2)35-36(29)27(26)20-12-10-13-22(17-20)39-18-21-11-6-7-14-23(21)31/h6-17,27H,4-5,18H2,1-3H3,(H,33,37)(H,32,34,35). The Hall–Kier alpha value is -3.95. The summed E-state index contributed by atoms with van der Waals surface area (Å²) in [7, 11) is 0. The van der Waals surface area contributed by atoms with E-state index in [0.29, 0.717) is 57.8 Å². The fourth-order valence-corrected chi connectivity index (χ4v) is 5.26. The number of allylic oxidation sites excluding steroid dienone is 1. The van der Waals surface area contributed by atoms with Gasteiger partial charge in [-0.25, -0.2) is 4.68 Å². The van der Waals surface area contributed by atoms with Gasteiger partial charge in [-0.1, -0.05) is 72.8 Å². The molecule has 0 saturated heterocycles. The molecule has 0 aliphatic carbocycles. The van der Waals surface area contributed by atoms with Gasteiger partial charge >= 0.3 is 0 Å². The molecule has 0 spiro atoms. The van der Waals surface area contributed by atoms with Crippen LogP contribution in [0.1, 0.15) is 37.9 Å². The van der Waals surface area contributed by atoms with Gasteiger partial charge in [0.2, 0.25) is 11.1 Å². The number of nitrogens with one attached hydrogen (secondary N) is 2. The number of fused-ring (bicyclic) bond motifs is 1. The minimum Gasteiger partial charge on any atom is -0.492 e. The molecule has 0 saturated carbocycles. The summed E-state index contributed by atoms with van der Waals surface area (Å²) in [5.41, 5.74) is 3.52. The summed E-state index contributed by atoms with van der Waals surface area (Å²) in [6.07, 6.45) is 0. The molecule has 1 amide bonds. The average Bonchev–Trinajstić information content (AvgIpc) is 3.35. The maximum atomic E-state index is 13.9. The van der Waals surface area contributed by atoms with Crippen LogP contribution in [-0.4, -0.2) is 33.0 Å². The lowest BCUT2D eigenvalue weighted by Gasteiger charge is -2.29. The molecular formula is C30H30ClN5O3S. The van der Waals surface area contributed by atoms with Crippen LogP contribution in [0, 0.1) is 0 Å². The number of thioether (sulfide) groups is 1. The van der Waals surface area contributed by atoms with Gasteiger partial charge in [0.25, 0.3) is 5.91 Å². The highest BCUT2D eigenvalue weighted by atomic mass is 35.5. The first-order valence-electron chi connectivity index (χ1n) is 13.0. The van der Waals surface area contributed by atoms with E-state index in [1.54, 1.807) is 16.4 Å². The third-order valence-corrected chi connectivity index (χ3v) is 7.40. The molecule has 5 rings (SSSR count). The molecule has 40 heavy (non-hydrogen) atoms. The van der Waals surface area contributed by atoms with Gasteiger partial charge in [-0.15, -0.1) is 5.10 Å². The monoisotopic (exact) mass is 575 g/mol. The number of aromatic nitrogens is 3. The third-order valence-electron chi connectivity index (χ3n) is 6.31. The van der Waals surface area contributed by atoms with Crippen LogP contribution in [0.15, 0.2) is 89.2 Å². The van der Waals surface area contributed by atoms with Crippen molar-refractivity contribution in [3.8, 4) is 11.5 Å². The minimum absolute atomic E-state index is 0.268. The highest BCUT2D eigenvalue weighted by Crippen LogP contribution is 2.38. The van der Waals surface area contributed by atoms with Crippen LogP contribution < -0.4 is 20.1 Å². The fraction of sp³-hybridized carbons (Fsp3) is 0.233. The number of hydrogen-bond acceptors (Lipinski definition) is 7. The van der Waals surface area contributed by atoms with Crippen LogP contribution in [0.25, 0.3) is 0 Å². The van der Waals surface area contributed by atoms with Gasteiger partial charge in [-0.05, 0) is 55.5 Å². The zero-order valence-electron chi connectivity index (χ0n) is 22.5. The van der Waals surface area contributed by atoms with Gasteiger partial charge in [0.15, 0.2) is 0 Å². The molecule has 3 aromatic carbocycles. The van der Waals surface area contributed by atoms with Crippen LogP contribution in [0.5, 0.6) is 11.5 Å². The van der Waals surface area contributed by atoms with Crippen molar-refractivity contribution in [2.45, 2.75) is 38.6 Å². The number of nitrogens with zero attached hydrogens (tertiary/aromatic N) is 3. The SMILES string of the molecule is CCOc1ccccc1NC(=O)C1=C(C)Nc2nc(SCC)nn2C1c1cccc(OCc2ccccc2Cl)c1. The second-order valence-electron chi connectivity index (χ2n) is 9.00. The first kappa shape index (κ1) is 27.6. The summed E-state index contributed by atoms with van der Waals surface area (Å²) < 4.78 is 13.6. The summed E-state index contributed by atoms with van der Waals surface area (Å²) in [5, 5.41) is 12.4. The first-order valence-corrected chi connectivity index (χ1v) is 14.4. The number of para-hydroxylation sites is 2. The maximum Gasteiger partial charge on any atom is 0.255 e. The molecule has 10 heteroatoms. The fourth-order valence-electron chi connectivity index (χ4n) is 4.52. The average molecular weight is 576 g/mol. The Labute approximate surface area is 242 Å². The van der Waals surface area contributed by atoms with E-state index >= 15 is 0 Å². The Morgan fingerprint density at radius 3 is 2.67 bits per heavy atom. The lowest BCUT2D eigenvalue weighted by atomic mass is 9.94. The van der Waals surface area contributed by atoms with E-state index < -0.39 is 6.04 Å². The van der Waals surface area contributed by atoms with Crippen molar-refractivity contribution in [1.29, 1.82) is 0 Å². The van der Waals surface area contributed by atoms with Crippen LogP contribution in [0.4, 0.5) is 11.6 Å². The Balaban J connectivity index is 1.51. The van der Waals surface area contributed by atoms with E-state index in [2.05, 4.69) is 15.6 Å². The first-order chi connectivity index (χ1) is 19.5. The van der Waals surface area contributed by atoms with E-state index in [-0.39, 0.29) is 5.91 Å². The Kier molecular flexibility index (Phi) is 8.62. The lowest BCUT2D eigenvalue weighted by Crippen LogP contribution is -2.31. The van der Waals surface area contributed by atoms with E-state index in [9.17, 15) is 4.79 Å². The van der Waals surface area contributed by atoms with Gasteiger partial charge in [-0.3, -0.25) is 4.79 Å². The van der Waals surface area contributed by atoms with Crippen molar-refractivity contribution in [3.63, 3.8) is 0 Å². The van der Waals surface area contributed by atoms with Crippen molar-refractivity contribution < 1.29 is 14.3 Å². The van der Waals surface area contributed by atoms with E-state index in [0.717, 1.165) is 16.9 Å². The van der Waals surface area contributed by atoms with Crippen molar-refractivity contribution in [1.82, 2.24) is 14.8 Å². The van der Waals surface area contributed by atoms with E-state index in [4.69, 9.17) is 26.2 Å². The quantitative estimate of drug-likeness (QED) is 0.198. The van der Waals surface area contributed by atoms with Crippen molar-refractivity contribution in [3.05, 3.63) is 100 Å². The molecule has 1 aliphatic heterocycles. The Bertz CT molecular complexity index is 1550. The van der Waals surface area contributed by atoms with Crippen LogP contribution in [0.2, 0.25) is 5.02 Å². The number of ether oxygens (including phenoxy) is 2. The maximum absolute atomic E-state index is 13.9. The van der Waals surface area contributed by atoms with Crippen molar-refractivity contribution >= 4 is 40.9 Å². The number of hydrogen-bond donors (Lipinski definition) is 2. The summed E-state index contributed by atoms with van der Waals surface area (Å²) in [6.45, 7) is 6.63. The highest BCUT2D eigenvalue weighted by molar-refractivity contribution is 7.99. The van der Waals surface area contributed by atoms with Crippen LogP contribution >= 0.6 is 23.4 Å². The van der Waals surface area contributed by atoms with Crippen molar-refractivity contribution in [2.75, 3.05) is 23.0 Å². The minimum atomic E-state index is -0.543. The second-order valence-corrected chi connectivity index (χ2v) is 10.6. The molecule has 206 valence electrons. The number of carbonyl (C=O) groups is 1. The molecule has 1 unspecified atom stereocenters. The predicted octanol–water partition coefficient (Wildman–Crippen LogP) is 6.95. The molecule has 2 heterocycles. The summed E-state index contributed by atoms with van der Waals surface area (Å²) >= 11 is 7.87.